The molecule has 0 amide bonds. The number of allylic oxidation sites excluding steroid dienone is 1. The molecule has 2 N–H and O–H groups in total. The predicted octanol–water partition coefficient (Wildman–Crippen LogP) is 4.79. The summed E-state index contributed by atoms with van der Waals surface area (Å²) in [6, 6.07) is 9.67. The molecule has 2 saturated heterocycles. The minimum atomic E-state index is -0.154. The van der Waals surface area contributed by atoms with Crippen molar-refractivity contribution in [2.45, 2.75) is 51.7 Å². The van der Waals surface area contributed by atoms with Crippen LogP contribution < -0.4 is 20.9 Å². The van der Waals surface area contributed by atoms with Gasteiger partial charge < -0.3 is 24.7 Å². The van der Waals surface area contributed by atoms with Gasteiger partial charge >= 0.3 is 0 Å². The molecule has 5 heterocycles. The lowest BCUT2D eigenvalue weighted by atomic mass is 9.97. The van der Waals surface area contributed by atoms with Gasteiger partial charge in [-0.05, 0) is 81.2 Å². The minimum Gasteiger partial charge on any atom is -0.489 e. The molecule has 1 aromatic carbocycles. The van der Waals surface area contributed by atoms with E-state index in [2.05, 4.69) is 39.1 Å². The van der Waals surface area contributed by atoms with E-state index in [-0.39, 0.29) is 30.0 Å². The van der Waals surface area contributed by atoms with Crippen LogP contribution in [-0.4, -0.2) is 63.7 Å². The van der Waals surface area contributed by atoms with Crippen molar-refractivity contribution in [1.82, 2.24) is 29.7 Å². The molecule has 0 spiro atoms. The lowest BCUT2D eigenvalue weighted by Crippen LogP contribution is -2.38. The van der Waals surface area contributed by atoms with Crippen molar-refractivity contribution < 1.29 is 9.15 Å². The third-order valence-electron chi connectivity index (χ3n) is 8.28. The number of fused-ring (bicyclic) bond motifs is 1. The molecule has 4 aromatic rings. The number of pyridine rings is 1. The second-order valence-corrected chi connectivity index (χ2v) is 11.7. The summed E-state index contributed by atoms with van der Waals surface area (Å²) in [6.07, 6.45) is 6.61. The maximum atomic E-state index is 13.9. The van der Waals surface area contributed by atoms with Crippen LogP contribution in [0.5, 0.6) is 5.75 Å². The van der Waals surface area contributed by atoms with Gasteiger partial charge in [0.2, 0.25) is 5.95 Å². The maximum absolute atomic E-state index is 13.9. The summed E-state index contributed by atoms with van der Waals surface area (Å²) in [5.41, 5.74) is 3.28. The van der Waals surface area contributed by atoms with Crippen LogP contribution in [0.3, 0.4) is 0 Å². The van der Waals surface area contributed by atoms with Gasteiger partial charge in [0.15, 0.2) is 6.39 Å². The highest BCUT2D eigenvalue weighted by Crippen LogP contribution is 2.28. The van der Waals surface area contributed by atoms with E-state index >= 15 is 0 Å². The maximum Gasteiger partial charge on any atom is 0.260 e. The number of piperidine rings is 1. The van der Waals surface area contributed by atoms with Crippen molar-refractivity contribution in [3.8, 4) is 5.75 Å². The van der Waals surface area contributed by atoms with Gasteiger partial charge in [-0.2, -0.15) is 4.98 Å². The van der Waals surface area contributed by atoms with Gasteiger partial charge in [-0.15, -0.1) is 0 Å². The fourth-order valence-corrected chi connectivity index (χ4v) is 5.82. The predicted molar refractivity (Wildman–Crippen MR) is 164 cm³/mol. The van der Waals surface area contributed by atoms with Crippen molar-refractivity contribution >= 4 is 28.2 Å². The van der Waals surface area contributed by atoms with Gasteiger partial charge in [-0.25, -0.2) is 9.97 Å². The average molecular weight is 570 g/mol. The molecular formula is C32H39N7O3. The van der Waals surface area contributed by atoms with Crippen LogP contribution in [-0.2, 0) is 6.54 Å². The number of hydrogen-bond donors (Lipinski definition) is 2. The van der Waals surface area contributed by atoms with E-state index in [4.69, 9.17) is 14.1 Å². The lowest BCUT2D eigenvalue weighted by Gasteiger charge is -2.30. The number of likely N-dealkylation sites (N-methyl/N-ethyl adjacent to an activating group) is 1. The highest BCUT2D eigenvalue weighted by molar-refractivity contribution is 5.81. The van der Waals surface area contributed by atoms with Gasteiger partial charge in [0, 0.05) is 41.8 Å². The van der Waals surface area contributed by atoms with E-state index in [0.29, 0.717) is 17.2 Å². The molecule has 10 heteroatoms. The molecule has 3 aromatic heterocycles. The number of rotatable bonds is 9. The Hall–Kier alpha value is -4.02. The molecule has 0 saturated carbocycles. The molecule has 2 aliphatic rings. The molecule has 2 fully saturated rings. The van der Waals surface area contributed by atoms with Gasteiger partial charge in [-0.3, -0.25) is 9.36 Å². The van der Waals surface area contributed by atoms with Crippen molar-refractivity contribution in [3.63, 3.8) is 0 Å². The second kappa shape index (κ2) is 12.1. The zero-order chi connectivity index (χ0) is 29.2. The number of anilines is 2. The molecule has 6 rings (SSSR count). The summed E-state index contributed by atoms with van der Waals surface area (Å²) in [7, 11) is 2.13. The number of hydrogen-bond acceptors (Lipinski definition) is 9. The summed E-state index contributed by atoms with van der Waals surface area (Å²) < 4.78 is 13.7. The number of nitrogens with zero attached hydrogens (tertiary/aromatic N) is 5. The van der Waals surface area contributed by atoms with Gasteiger partial charge in [0.05, 0.1) is 6.54 Å². The first kappa shape index (κ1) is 28.1. The van der Waals surface area contributed by atoms with Gasteiger partial charge in [0.1, 0.15) is 29.0 Å². The Morgan fingerprint density at radius 1 is 1.24 bits per heavy atom. The smallest absolute Gasteiger partial charge is 0.260 e. The largest absolute Gasteiger partial charge is 0.489 e. The number of benzene rings is 1. The first-order valence-electron chi connectivity index (χ1n) is 14.8. The Bertz CT molecular complexity index is 1620. The SMILES string of the molecule is C=C(c1cc2cnc(Nc3ccc(OC4CCCN(C)C4)cc3)nc2n(Cc2ncoc2C2CCNC2)c1=O)C(C)C. The van der Waals surface area contributed by atoms with Crippen LogP contribution >= 0.6 is 0 Å². The number of likely N-dealkylation sites (tertiary alicyclic amines) is 1. The molecule has 2 aliphatic heterocycles. The summed E-state index contributed by atoms with van der Waals surface area (Å²) >= 11 is 0. The number of oxazole rings is 1. The van der Waals surface area contributed by atoms with Crippen LogP contribution in [0.2, 0.25) is 0 Å². The Balaban J connectivity index is 1.30. The molecule has 0 aliphatic carbocycles. The van der Waals surface area contributed by atoms with Crippen molar-refractivity contribution in [2.24, 2.45) is 5.92 Å². The Morgan fingerprint density at radius 2 is 2.07 bits per heavy atom. The fourth-order valence-electron chi connectivity index (χ4n) is 5.82. The normalized spacial score (nSPS) is 19.4. The minimum absolute atomic E-state index is 0.114. The van der Waals surface area contributed by atoms with E-state index in [0.717, 1.165) is 79.3 Å². The van der Waals surface area contributed by atoms with Crippen LogP contribution in [0.25, 0.3) is 16.6 Å². The van der Waals surface area contributed by atoms with Gasteiger partial charge in [0.25, 0.3) is 5.56 Å². The highest BCUT2D eigenvalue weighted by atomic mass is 16.5. The Morgan fingerprint density at radius 3 is 2.81 bits per heavy atom. The average Bonchev–Trinajstić information content (AvgIpc) is 3.67. The zero-order valence-electron chi connectivity index (χ0n) is 24.6. The third kappa shape index (κ3) is 5.96. The standard InChI is InChI=1S/C32H39N7O3/c1-20(2)21(3)27-14-23-16-34-32(36-24-7-9-25(10-8-24)42-26-6-5-13-38(4)17-26)37-30(23)39(31(27)40)18-28-29(41-19-35-28)22-11-12-33-15-22/h7-10,14,16,19-20,22,26,33H,3,5-6,11-13,15,17-18H2,1-2,4H3,(H,34,36,37). The quantitative estimate of drug-likeness (QED) is 0.294. The Kier molecular flexibility index (Phi) is 8.08. The van der Waals surface area contributed by atoms with Crippen LogP contribution in [0.15, 0.2) is 58.7 Å². The lowest BCUT2D eigenvalue weighted by molar-refractivity contribution is 0.104. The molecule has 0 bridgehead atoms. The van der Waals surface area contributed by atoms with Crippen molar-refractivity contribution in [1.29, 1.82) is 0 Å². The molecule has 2 unspecified atom stereocenters. The molecule has 2 atom stereocenters. The third-order valence-corrected chi connectivity index (χ3v) is 8.28. The monoisotopic (exact) mass is 569 g/mol. The molecule has 220 valence electrons. The van der Waals surface area contributed by atoms with Crippen LogP contribution in [0, 0.1) is 5.92 Å². The van der Waals surface area contributed by atoms with Crippen molar-refractivity contribution in [3.05, 3.63) is 76.9 Å². The number of aromatic nitrogens is 4. The van der Waals surface area contributed by atoms with Crippen LogP contribution in [0.1, 0.15) is 56.0 Å². The molecular weight excluding hydrogens is 530 g/mol. The molecule has 0 radical (unpaired) electrons. The van der Waals surface area contributed by atoms with E-state index in [9.17, 15) is 4.79 Å². The topological polar surface area (TPSA) is 110 Å². The van der Waals surface area contributed by atoms with Crippen molar-refractivity contribution in [2.75, 3.05) is 38.5 Å². The van der Waals surface area contributed by atoms with E-state index < -0.39 is 0 Å². The van der Waals surface area contributed by atoms with E-state index in [1.165, 1.54) is 6.39 Å². The first-order valence-corrected chi connectivity index (χ1v) is 14.8. The summed E-state index contributed by atoms with van der Waals surface area (Å²) in [5, 5.41) is 7.42. The van der Waals surface area contributed by atoms with E-state index in [1.807, 2.05) is 44.2 Å². The van der Waals surface area contributed by atoms with E-state index in [1.54, 1.807) is 10.8 Å². The van der Waals surface area contributed by atoms with Gasteiger partial charge in [-0.1, -0.05) is 20.4 Å². The Labute approximate surface area is 245 Å². The summed E-state index contributed by atoms with van der Waals surface area (Å²) in [5.74, 6) is 2.41. The summed E-state index contributed by atoms with van der Waals surface area (Å²) in [6.45, 7) is 12.3. The molecule has 42 heavy (non-hydrogen) atoms. The highest BCUT2D eigenvalue weighted by Gasteiger charge is 2.25. The van der Waals surface area contributed by atoms with Crippen LogP contribution in [0.4, 0.5) is 11.6 Å². The number of ether oxygens (including phenoxy) is 1. The second-order valence-electron chi connectivity index (χ2n) is 11.7. The first-order chi connectivity index (χ1) is 20.4. The fraction of sp³-hybridized carbons (Fsp3) is 0.438. The zero-order valence-corrected chi connectivity index (χ0v) is 24.6. The molecule has 10 nitrogen and oxygen atoms in total. The number of nitrogens with one attached hydrogen (secondary N) is 2. The summed E-state index contributed by atoms with van der Waals surface area (Å²) in [4.78, 5) is 30.1.